The van der Waals surface area contributed by atoms with E-state index < -0.39 is 21.5 Å². The molecule has 5 nitrogen and oxygen atoms in total. The fourth-order valence-electron chi connectivity index (χ4n) is 5.97. The molecule has 0 aliphatic heterocycles. The Morgan fingerprint density at radius 1 is 1.00 bits per heavy atom. The van der Waals surface area contributed by atoms with Gasteiger partial charge in [0.15, 0.2) is 0 Å². The van der Waals surface area contributed by atoms with Crippen LogP contribution >= 0.6 is 0 Å². The zero-order valence-electron chi connectivity index (χ0n) is 21.3. The summed E-state index contributed by atoms with van der Waals surface area (Å²) in [6, 6.07) is 8.22. The van der Waals surface area contributed by atoms with Crippen molar-refractivity contribution in [1.29, 1.82) is 0 Å². The van der Waals surface area contributed by atoms with Gasteiger partial charge in [0, 0.05) is 36.9 Å². The van der Waals surface area contributed by atoms with Crippen LogP contribution in [-0.2, 0) is 14.7 Å². The summed E-state index contributed by atoms with van der Waals surface area (Å²) in [4.78, 5) is 14.9. The second-order valence-electron chi connectivity index (χ2n) is 10.7. The number of carbonyl (C=O) groups excluding carboxylic acids is 1. The first-order valence-electron chi connectivity index (χ1n) is 13.4. The topological polar surface area (TPSA) is 74.0 Å². The quantitative estimate of drug-likeness (QED) is 0.204. The van der Waals surface area contributed by atoms with Crippen molar-refractivity contribution in [3.8, 4) is 11.3 Å². The molecule has 0 spiro atoms. The van der Waals surface area contributed by atoms with E-state index in [-0.39, 0.29) is 23.2 Å². The summed E-state index contributed by atoms with van der Waals surface area (Å²) >= 11 is 0. The molecule has 3 N–H and O–H groups in total. The van der Waals surface area contributed by atoms with Gasteiger partial charge in [0.25, 0.3) is 0 Å². The molecule has 2 atom stereocenters. The highest BCUT2D eigenvalue weighted by atomic mass is 32.2. The van der Waals surface area contributed by atoms with Gasteiger partial charge >= 0.3 is 0 Å². The van der Waals surface area contributed by atoms with Crippen molar-refractivity contribution in [3.05, 3.63) is 59.4 Å². The molecule has 0 bridgehead atoms. The number of H-pyrrole nitrogens is 1. The Morgan fingerprint density at radius 2 is 1.74 bits per heavy atom. The number of ketones is 1. The molecule has 1 heterocycles. The summed E-state index contributed by atoms with van der Waals surface area (Å²) in [6.45, 7) is 1.08. The number of Topliss-reactive ketones (excluding diaryl/α,β-unsaturated/α-hetero) is 1. The van der Waals surface area contributed by atoms with Crippen LogP contribution in [-0.4, -0.2) is 33.9 Å². The van der Waals surface area contributed by atoms with E-state index in [4.69, 9.17) is 0 Å². The van der Waals surface area contributed by atoms with Gasteiger partial charge in [0.05, 0.1) is 21.1 Å². The Hall–Kier alpha value is -2.62. The summed E-state index contributed by atoms with van der Waals surface area (Å²) in [5, 5.41) is 0.521. The third kappa shape index (κ3) is 6.00. The number of benzene rings is 2. The maximum absolute atomic E-state index is 14.6. The predicted molar refractivity (Wildman–Crippen MR) is 147 cm³/mol. The van der Waals surface area contributed by atoms with Crippen molar-refractivity contribution in [3.63, 3.8) is 0 Å². The van der Waals surface area contributed by atoms with Gasteiger partial charge in [-0.3, -0.25) is 4.79 Å². The van der Waals surface area contributed by atoms with Gasteiger partial charge in [-0.1, -0.05) is 0 Å². The summed E-state index contributed by atoms with van der Waals surface area (Å²) in [7, 11) is -2.62. The number of aromatic amines is 1. The van der Waals surface area contributed by atoms with E-state index in [1.54, 1.807) is 12.1 Å². The minimum absolute atomic E-state index is 0.107. The Labute approximate surface area is 221 Å². The number of nitrogens with one attached hydrogen (secondary N) is 3. The van der Waals surface area contributed by atoms with E-state index in [0.29, 0.717) is 42.3 Å². The summed E-state index contributed by atoms with van der Waals surface area (Å²) in [5.41, 5.74) is 2.53. The predicted octanol–water partition coefficient (Wildman–Crippen LogP) is 6.01. The normalized spacial score (nSPS) is 23.0. The van der Waals surface area contributed by atoms with Crippen LogP contribution in [0.25, 0.3) is 22.2 Å². The first-order valence-corrected chi connectivity index (χ1v) is 15.1. The minimum Gasteiger partial charge on any atom is -0.352 e. The highest BCUT2D eigenvalue weighted by Gasteiger charge is 2.34. The lowest BCUT2D eigenvalue weighted by Crippen LogP contribution is -2.38. The number of aromatic nitrogens is 1. The van der Waals surface area contributed by atoms with E-state index in [0.717, 1.165) is 62.1 Å². The molecule has 0 amide bonds. The molecule has 1 aromatic heterocycles. The summed E-state index contributed by atoms with van der Waals surface area (Å²) in [5.74, 6) is 3.14. The van der Waals surface area contributed by atoms with Crippen molar-refractivity contribution in [2.45, 2.75) is 57.3 Å². The van der Waals surface area contributed by atoms with Crippen LogP contribution in [0.15, 0.2) is 36.4 Å². The molecular weight excluding hydrogens is 511 g/mol. The Kier molecular flexibility index (Phi) is 7.98. The van der Waals surface area contributed by atoms with Gasteiger partial charge < -0.3 is 4.98 Å². The van der Waals surface area contributed by atoms with Crippen molar-refractivity contribution in [1.82, 2.24) is 14.4 Å². The Balaban J connectivity index is 1.16. The summed E-state index contributed by atoms with van der Waals surface area (Å²) in [6.07, 6.45) is 6.72. The molecule has 0 radical (unpaired) electrons. The van der Waals surface area contributed by atoms with Crippen LogP contribution in [0.2, 0.25) is 0 Å². The lowest BCUT2D eigenvalue weighted by molar-refractivity contribution is -0.120. The van der Waals surface area contributed by atoms with Crippen LogP contribution < -0.4 is 9.44 Å². The van der Waals surface area contributed by atoms with Gasteiger partial charge in [-0.2, -0.15) is 0 Å². The highest BCUT2D eigenvalue weighted by molar-refractivity contribution is 7.96. The third-order valence-electron chi connectivity index (χ3n) is 8.02. The van der Waals surface area contributed by atoms with E-state index in [9.17, 15) is 22.2 Å². The van der Waals surface area contributed by atoms with E-state index in [2.05, 4.69) is 20.3 Å². The van der Waals surface area contributed by atoms with E-state index >= 15 is 0 Å². The number of halogens is 3. The van der Waals surface area contributed by atoms with Crippen molar-refractivity contribution in [2.24, 2.45) is 11.8 Å². The number of hydrogen-bond donors (Lipinski definition) is 3. The molecule has 2 aromatic carbocycles. The lowest BCUT2D eigenvalue weighted by Gasteiger charge is -2.36. The van der Waals surface area contributed by atoms with Crippen LogP contribution in [0.4, 0.5) is 13.2 Å². The van der Waals surface area contributed by atoms with E-state index in [1.807, 2.05) is 0 Å². The zero-order chi connectivity index (χ0) is 26.9. The van der Waals surface area contributed by atoms with Crippen LogP contribution in [0, 0.1) is 29.3 Å². The largest absolute Gasteiger partial charge is 0.352 e. The van der Waals surface area contributed by atoms with Gasteiger partial charge in [0.2, 0.25) is 0 Å². The molecule has 2 saturated carbocycles. The maximum Gasteiger partial charge on any atom is 0.150 e. The fourth-order valence-corrected chi connectivity index (χ4v) is 7.00. The minimum atomic E-state index is -2.62. The molecule has 2 unspecified atom stereocenters. The number of fused-ring (bicyclic) bond motifs is 1. The zero-order valence-corrected chi connectivity index (χ0v) is 22.1. The van der Waals surface area contributed by atoms with Crippen LogP contribution in [0.5, 0.6) is 0 Å². The Morgan fingerprint density at radius 3 is 2.45 bits per heavy atom. The van der Waals surface area contributed by atoms with E-state index in [1.165, 1.54) is 18.2 Å². The van der Waals surface area contributed by atoms with Crippen LogP contribution in [0.3, 0.4) is 0 Å². The molecule has 2 aliphatic rings. The third-order valence-corrected chi connectivity index (χ3v) is 9.37. The molecule has 3 aromatic rings. The Bertz CT molecular complexity index is 1410. The molecule has 204 valence electrons. The van der Waals surface area contributed by atoms with Crippen LogP contribution in [0.1, 0.15) is 62.8 Å². The second-order valence-corrected chi connectivity index (χ2v) is 12.6. The van der Waals surface area contributed by atoms with Crippen molar-refractivity contribution >= 4 is 32.5 Å². The molecule has 38 heavy (non-hydrogen) atoms. The van der Waals surface area contributed by atoms with Gasteiger partial charge in [-0.25, -0.2) is 26.8 Å². The number of hydrogen-bond acceptors (Lipinski definition) is 2. The standard InChI is InChI=1S/C29H34F3N3O2S/c1-38(37,33-12-3-5-19-4-2-6-26(19)36)34-13-11-18-14-21(15-18)27-24-16-23(31)17-25(32)29(24)35-28(27)20-7-9-22(30)10-8-20/h7-10,16-19,21,35H,1-6,11-15H2,(H2,33,34,37). The maximum atomic E-state index is 14.6. The monoisotopic (exact) mass is 545 g/mol. The summed E-state index contributed by atoms with van der Waals surface area (Å²) < 4.78 is 60.9. The SMILES string of the molecule is C=S(=O)(NCCCC1CCCC1=O)NCCC1CC(c2c(-c3ccc(F)cc3)[nH]c3c(F)cc(F)cc23)C1. The van der Waals surface area contributed by atoms with Gasteiger partial charge in [0.1, 0.15) is 23.2 Å². The number of carbonyl (C=O) groups is 1. The molecule has 5 rings (SSSR count). The van der Waals surface area contributed by atoms with Crippen molar-refractivity contribution < 1.29 is 22.2 Å². The second kappa shape index (κ2) is 11.2. The number of rotatable bonds is 11. The molecule has 2 aliphatic carbocycles. The molecular formula is C29H34F3N3O2S. The lowest BCUT2D eigenvalue weighted by atomic mass is 9.69. The average molecular weight is 546 g/mol. The van der Waals surface area contributed by atoms with Crippen molar-refractivity contribution in [2.75, 3.05) is 13.1 Å². The molecule has 2 fully saturated rings. The first kappa shape index (κ1) is 27.0. The fraction of sp³-hybridized carbons (Fsp3) is 0.448. The molecule has 0 saturated heterocycles. The first-order chi connectivity index (χ1) is 18.2. The smallest absolute Gasteiger partial charge is 0.150 e. The molecule has 9 heteroatoms. The van der Waals surface area contributed by atoms with Gasteiger partial charge in [-0.05, 0) is 104 Å². The highest BCUT2D eigenvalue weighted by Crippen LogP contribution is 2.49. The van der Waals surface area contributed by atoms with Gasteiger partial charge in [-0.15, -0.1) is 0 Å². The average Bonchev–Trinajstić information content (AvgIpc) is 3.42.